The molecule has 108 valence electrons. The molecule has 7 nitrogen and oxygen atoms in total. The second-order valence-corrected chi connectivity index (χ2v) is 4.31. The number of ether oxygens (including phenoxy) is 1. The quantitative estimate of drug-likeness (QED) is 0.734. The predicted octanol–water partition coefficient (Wildman–Crippen LogP) is 1.72. The van der Waals surface area contributed by atoms with E-state index in [0.717, 1.165) is 0 Å². The Bertz CT molecular complexity index is 547. The van der Waals surface area contributed by atoms with E-state index in [1.165, 1.54) is 32.2 Å². The zero-order chi connectivity index (χ0) is 15.3. The maximum absolute atomic E-state index is 11.6. The van der Waals surface area contributed by atoms with E-state index in [9.17, 15) is 14.4 Å². The first-order chi connectivity index (χ1) is 9.33. The van der Waals surface area contributed by atoms with E-state index in [-0.39, 0.29) is 16.3 Å². The highest BCUT2D eigenvalue weighted by molar-refractivity contribution is 6.31. The van der Waals surface area contributed by atoms with Crippen LogP contribution in [0.1, 0.15) is 17.3 Å². The minimum absolute atomic E-state index is 0.0613. The zero-order valence-corrected chi connectivity index (χ0v) is 11.5. The second kappa shape index (κ2) is 6.76. The van der Waals surface area contributed by atoms with E-state index >= 15 is 0 Å². The van der Waals surface area contributed by atoms with Gasteiger partial charge in [0, 0.05) is 10.7 Å². The van der Waals surface area contributed by atoms with Gasteiger partial charge in [-0.05, 0) is 25.1 Å². The molecule has 0 saturated carbocycles. The van der Waals surface area contributed by atoms with Crippen LogP contribution >= 0.6 is 11.6 Å². The molecule has 2 amide bonds. The highest BCUT2D eigenvalue weighted by Gasteiger charge is 2.16. The molecule has 0 aliphatic heterocycles. The number of esters is 1. The number of aromatic carboxylic acids is 1. The topological polar surface area (TPSA) is 105 Å². The summed E-state index contributed by atoms with van der Waals surface area (Å²) in [6.45, 7) is 1.45. The number of halogens is 1. The fraction of sp³-hybridized carbons (Fsp3) is 0.250. The number of amides is 2. The number of methoxy groups -OCH3 is 1. The van der Waals surface area contributed by atoms with Crippen molar-refractivity contribution < 1.29 is 24.2 Å². The van der Waals surface area contributed by atoms with Gasteiger partial charge in [-0.25, -0.2) is 14.4 Å². The van der Waals surface area contributed by atoms with Crippen molar-refractivity contribution in [3.8, 4) is 0 Å². The summed E-state index contributed by atoms with van der Waals surface area (Å²) in [6.07, 6.45) is 0. The van der Waals surface area contributed by atoms with Crippen molar-refractivity contribution in [3.63, 3.8) is 0 Å². The molecule has 1 aromatic rings. The van der Waals surface area contributed by atoms with Gasteiger partial charge in [-0.3, -0.25) is 0 Å². The van der Waals surface area contributed by atoms with Crippen molar-refractivity contribution in [2.75, 3.05) is 12.4 Å². The molecule has 1 unspecified atom stereocenters. The summed E-state index contributed by atoms with van der Waals surface area (Å²) < 4.78 is 4.45. The molecular formula is C12H13ClN2O5. The molecule has 1 aromatic carbocycles. The fourth-order valence-corrected chi connectivity index (χ4v) is 1.62. The molecule has 0 saturated heterocycles. The van der Waals surface area contributed by atoms with Crippen LogP contribution in [-0.2, 0) is 9.53 Å². The van der Waals surface area contributed by atoms with Gasteiger partial charge in [0.25, 0.3) is 0 Å². The molecular weight excluding hydrogens is 288 g/mol. The predicted molar refractivity (Wildman–Crippen MR) is 72.0 cm³/mol. The number of hydrogen-bond donors (Lipinski definition) is 3. The van der Waals surface area contributed by atoms with Crippen molar-refractivity contribution in [3.05, 3.63) is 28.8 Å². The smallest absolute Gasteiger partial charge is 0.335 e. The van der Waals surface area contributed by atoms with Gasteiger partial charge < -0.3 is 20.5 Å². The summed E-state index contributed by atoms with van der Waals surface area (Å²) in [6, 6.07) is 2.37. The highest BCUT2D eigenvalue weighted by atomic mass is 35.5. The molecule has 1 rings (SSSR count). The van der Waals surface area contributed by atoms with Gasteiger partial charge in [0.15, 0.2) is 0 Å². The van der Waals surface area contributed by atoms with E-state index in [2.05, 4.69) is 15.4 Å². The average molecular weight is 301 g/mol. The van der Waals surface area contributed by atoms with Crippen LogP contribution in [0.2, 0.25) is 5.02 Å². The summed E-state index contributed by atoms with van der Waals surface area (Å²) in [5.74, 6) is -1.77. The third kappa shape index (κ3) is 4.43. The number of anilines is 1. The first-order valence-corrected chi connectivity index (χ1v) is 5.90. The highest BCUT2D eigenvalue weighted by Crippen LogP contribution is 2.19. The molecule has 8 heteroatoms. The normalized spacial score (nSPS) is 11.3. The van der Waals surface area contributed by atoms with Crippen LogP contribution < -0.4 is 10.6 Å². The number of benzene rings is 1. The monoisotopic (exact) mass is 300 g/mol. The van der Waals surface area contributed by atoms with Crippen LogP contribution in [0.3, 0.4) is 0 Å². The Kier molecular flexibility index (Phi) is 5.33. The van der Waals surface area contributed by atoms with Crippen molar-refractivity contribution in [2.45, 2.75) is 13.0 Å². The number of carbonyl (C=O) groups is 3. The summed E-state index contributed by atoms with van der Waals surface area (Å²) in [7, 11) is 1.20. The number of hydrogen-bond acceptors (Lipinski definition) is 4. The van der Waals surface area contributed by atoms with Crippen LogP contribution in [0.25, 0.3) is 0 Å². The molecule has 3 N–H and O–H groups in total. The van der Waals surface area contributed by atoms with Gasteiger partial charge >= 0.3 is 18.0 Å². The third-order valence-electron chi connectivity index (χ3n) is 2.30. The van der Waals surface area contributed by atoms with Crippen LogP contribution in [0, 0.1) is 0 Å². The van der Waals surface area contributed by atoms with Crippen LogP contribution in [0.4, 0.5) is 10.5 Å². The lowest BCUT2D eigenvalue weighted by molar-refractivity contribution is -0.142. The summed E-state index contributed by atoms with van der Waals surface area (Å²) >= 11 is 5.75. The Morgan fingerprint density at radius 1 is 1.30 bits per heavy atom. The molecule has 0 spiro atoms. The molecule has 20 heavy (non-hydrogen) atoms. The number of nitrogens with one attached hydrogen (secondary N) is 2. The van der Waals surface area contributed by atoms with Crippen molar-refractivity contribution in [2.24, 2.45) is 0 Å². The molecule has 0 radical (unpaired) electrons. The van der Waals surface area contributed by atoms with Crippen LogP contribution in [0.15, 0.2) is 18.2 Å². The number of carboxylic acids is 1. The first kappa shape index (κ1) is 15.8. The fourth-order valence-electron chi connectivity index (χ4n) is 1.38. The molecule has 0 bridgehead atoms. The minimum atomic E-state index is -1.17. The Balaban J connectivity index is 2.76. The van der Waals surface area contributed by atoms with Crippen LogP contribution in [-0.4, -0.2) is 36.2 Å². The van der Waals surface area contributed by atoms with E-state index < -0.39 is 24.0 Å². The number of carbonyl (C=O) groups excluding carboxylic acids is 2. The zero-order valence-electron chi connectivity index (χ0n) is 10.8. The van der Waals surface area contributed by atoms with Crippen LogP contribution in [0.5, 0.6) is 0 Å². The number of rotatable bonds is 4. The molecule has 0 heterocycles. The maximum Gasteiger partial charge on any atom is 0.335 e. The number of urea groups is 1. The Morgan fingerprint density at radius 2 is 1.95 bits per heavy atom. The van der Waals surface area contributed by atoms with Crippen molar-refractivity contribution in [1.29, 1.82) is 0 Å². The van der Waals surface area contributed by atoms with Gasteiger partial charge in [-0.2, -0.15) is 0 Å². The van der Waals surface area contributed by atoms with Gasteiger partial charge in [0.05, 0.1) is 12.7 Å². The van der Waals surface area contributed by atoms with Gasteiger partial charge in [0.2, 0.25) is 0 Å². The lowest BCUT2D eigenvalue weighted by Gasteiger charge is -2.13. The van der Waals surface area contributed by atoms with E-state index in [1.807, 2.05) is 0 Å². The SMILES string of the molecule is COC(=O)C(C)NC(=O)Nc1cc(Cl)cc(C(=O)O)c1. The van der Waals surface area contributed by atoms with E-state index in [4.69, 9.17) is 16.7 Å². The summed E-state index contributed by atoms with van der Waals surface area (Å²) in [4.78, 5) is 33.6. The number of carboxylic acid groups (broad SMARTS) is 1. The Labute approximate surface area is 119 Å². The lowest BCUT2D eigenvalue weighted by Crippen LogP contribution is -2.41. The summed E-state index contributed by atoms with van der Waals surface area (Å²) in [5, 5.41) is 13.8. The summed E-state index contributed by atoms with van der Waals surface area (Å²) in [5.41, 5.74) is 0.137. The largest absolute Gasteiger partial charge is 0.478 e. The standard InChI is InChI=1S/C12H13ClN2O5/c1-6(11(18)20-2)14-12(19)15-9-4-7(10(16)17)3-8(13)5-9/h3-6H,1-2H3,(H,16,17)(H2,14,15,19). The second-order valence-electron chi connectivity index (χ2n) is 3.88. The van der Waals surface area contributed by atoms with Crippen molar-refractivity contribution >= 4 is 35.3 Å². The molecule has 0 aliphatic carbocycles. The van der Waals surface area contributed by atoms with Gasteiger partial charge in [0.1, 0.15) is 6.04 Å². The van der Waals surface area contributed by atoms with E-state index in [0.29, 0.717) is 0 Å². The van der Waals surface area contributed by atoms with Gasteiger partial charge in [-0.15, -0.1) is 0 Å². The Hall–Kier alpha value is -2.28. The molecule has 0 aromatic heterocycles. The van der Waals surface area contributed by atoms with Crippen molar-refractivity contribution in [1.82, 2.24) is 5.32 Å². The average Bonchev–Trinajstić information content (AvgIpc) is 2.36. The maximum atomic E-state index is 11.6. The molecule has 0 aliphatic rings. The minimum Gasteiger partial charge on any atom is -0.478 e. The molecule has 0 fully saturated rings. The van der Waals surface area contributed by atoms with E-state index in [1.54, 1.807) is 0 Å². The Morgan fingerprint density at radius 3 is 2.50 bits per heavy atom. The first-order valence-electron chi connectivity index (χ1n) is 5.52. The molecule has 1 atom stereocenters. The van der Waals surface area contributed by atoms with Gasteiger partial charge in [-0.1, -0.05) is 11.6 Å². The third-order valence-corrected chi connectivity index (χ3v) is 2.52. The lowest BCUT2D eigenvalue weighted by atomic mass is 10.2.